The van der Waals surface area contributed by atoms with Gasteiger partial charge in [0.15, 0.2) is 0 Å². The number of amides is 1. The highest BCUT2D eigenvalue weighted by Gasteiger charge is 2.48. The van der Waals surface area contributed by atoms with Gasteiger partial charge in [-0.3, -0.25) is 0 Å². The molecular formula is C28H47NO5Si. The molecule has 1 saturated heterocycles. The Morgan fingerprint density at radius 2 is 1.54 bits per heavy atom. The molecule has 1 aromatic rings. The molecule has 0 aliphatic carbocycles. The predicted octanol–water partition coefficient (Wildman–Crippen LogP) is 7.50. The number of carbonyl (C=O) groups excluding carboxylic acids is 2. The maximum atomic E-state index is 13.2. The molecule has 2 atom stereocenters. The highest BCUT2D eigenvalue weighted by atomic mass is 28.4. The molecule has 1 aliphatic rings. The quantitative estimate of drug-likeness (QED) is 0.270. The van der Waals surface area contributed by atoms with Crippen molar-refractivity contribution in [3.8, 4) is 0 Å². The molecular weight excluding hydrogens is 458 g/mol. The summed E-state index contributed by atoms with van der Waals surface area (Å²) in [5.74, 6) is -0.338. The van der Waals surface area contributed by atoms with E-state index in [0.717, 1.165) is 12.0 Å². The average molecular weight is 506 g/mol. The van der Waals surface area contributed by atoms with Crippen LogP contribution in [-0.2, 0) is 13.9 Å². The molecule has 1 aliphatic heterocycles. The fourth-order valence-electron chi connectivity index (χ4n) is 5.65. The lowest BCUT2D eigenvalue weighted by Gasteiger charge is -2.48. The number of nitrogens with zero attached hydrogens (tertiary/aromatic N) is 1. The van der Waals surface area contributed by atoms with Crippen LogP contribution >= 0.6 is 0 Å². The summed E-state index contributed by atoms with van der Waals surface area (Å²) in [5, 5.41) is 0. The van der Waals surface area contributed by atoms with Crippen LogP contribution in [0.5, 0.6) is 0 Å². The van der Waals surface area contributed by atoms with Crippen LogP contribution in [0.25, 0.3) is 0 Å². The van der Waals surface area contributed by atoms with Crippen LogP contribution in [0.3, 0.4) is 0 Å². The van der Waals surface area contributed by atoms with Crippen LogP contribution in [0, 0.1) is 0 Å². The number of esters is 1. The van der Waals surface area contributed by atoms with Gasteiger partial charge in [-0.05, 0) is 74.9 Å². The summed E-state index contributed by atoms with van der Waals surface area (Å²) < 4.78 is 18.0. The second-order valence-electron chi connectivity index (χ2n) is 11.6. The summed E-state index contributed by atoms with van der Waals surface area (Å²) in [6, 6.07) is 7.22. The van der Waals surface area contributed by atoms with Gasteiger partial charge in [0.1, 0.15) is 5.60 Å². The third-order valence-corrected chi connectivity index (χ3v) is 13.2. The van der Waals surface area contributed by atoms with Gasteiger partial charge in [-0.1, -0.05) is 53.7 Å². The lowest BCUT2D eigenvalue weighted by molar-refractivity contribution is -0.00706. The minimum Gasteiger partial charge on any atom is -0.462 e. The van der Waals surface area contributed by atoms with Gasteiger partial charge in [0.25, 0.3) is 0 Å². The van der Waals surface area contributed by atoms with Crippen molar-refractivity contribution in [1.82, 2.24) is 4.90 Å². The summed E-state index contributed by atoms with van der Waals surface area (Å²) in [4.78, 5) is 27.1. The maximum Gasteiger partial charge on any atom is 0.410 e. The Morgan fingerprint density at radius 3 is 2.00 bits per heavy atom. The van der Waals surface area contributed by atoms with E-state index in [1.807, 2.05) is 37.8 Å². The van der Waals surface area contributed by atoms with Crippen molar-refractivity contribution in [2.75, 3.05) is 13.2 Å². The highest BCUT2D eigenvalue weighted by Crippen LogP contribution is 2.45. The first kappa shape index (κ1) is 29.4. The summed E-state index contributed by atoms with van der Waals surface area (Å²) in [6.45, 7) is 22.2. The highest BCUT2D eigenvalue weighted by molar-refractivity contribution is 6.77. The van der Waals surface area contributed by atoms with Crippen LogP contribution in [0.1, 0.15) is 104 Å². The normalized spacial score (nSPS) is 19.4. The lowest BCUT2D eigenvalue weighted by atomic mass is 9.93. The molecule has 35 heavy (non-hydrogen) atoms. The smallest absolute Gasteiger partial charge is 0.410 e. The van der Waals surface area contributed by atoms with E-state index in [1.54, 1.807) is 19.1 Å². The maximum absolute atomic E-state index is 13.2. The van der Waals surface area contributed by atoms with Crippen molar-refractivity contribution in [1.29, 1.82) is 0 Å². The fourth-order valence-corrected chi connectivity index (χ4v) is 11.3. The van der Waals surface area contributed by atoms with Crippen molar-refractivity contribution < 1.29 is 23.5 Å². The first-order chi connectivity index (χ1) is 16.2. The molecule has 0 unspecified atom stereocenters. The van der Waals surface area contributed by atoms with Crippen molar-refractivity contribution in [3.63, 3.8) is 0 Å². The standard InChI is InChI=1S/C28H47NO5Si/c1-11-32-26(30)23-14-12-22(13-15-23)25-18-24(16-17-29(25)27(31)33-28(8,9)10)34-35(19(2)3,20(4)5)21(6)7/h12-15,19-21,24-25H,11,16-18H2,1-10H3/t24-,25+/m1/s1. The van der Waals surface area contributed by atoms with Crippen LogP contribution < -0.4 is 0 Å². The first-order valence-corrected chi connectivity index (χ1v) is 15.3. The van der Waals surface area contributed by atoms with Gasteiger partial charge in [0, 0.05) is 12.6 Å². The number of benzene rings is 1. The van der Waals surface area contributed by atoms with Gasteiger partial charge in [0.2, 0.25) is 8.32 Å². The molecule has 198 valence electrons. The second kappa shape index (κ2) is 11.9. The van der Waals surface area contributed by atoms with Crippen molar-refractivity contribution in [2.24, 2.45) is 0 Å². The molecule has 1 amide bonds. The predicted molar refractivity (Wildman–Crippen MR) is 143 cm³/mol. The minimum atomic E-state index is -2.06. The van der Waals surface area contributed by atoms with Gasteiger partial charge in [-0.2, -0.15) is 0 Å². The van der Waals surface area contributed by atoms with Gasteiger partial charge < -0.3 is 18.8 Å². The number of hydrogen-bond donors (Lipinski definition) is 0. The minimum absolute atomic E-state index is 0.0716. The third kappa shape index (κ3) is 7.10. The second-order valence-corrected chi connectivity index (χ2v) is 17.0. The Labute approximate surface area is 213 Å². The largest absolute Gasteiger partial charge is 0.462 e. The average Bonchev–Trinajstić information content (AvgIpc) is 2.75. The van der Waals surface area contributed by atoms with Gasteiger partial charge in [-0.25, -0.2) is 9.59 Å². The third-order valence-electron chi connectivity index (χ3n) is 7.07. The summed E-state index contributed by atoms with van der Waals surface area (Å²) >= 11 is 0. The summed E-state index contributed by atoms with van der Waals surface area (Å²) in [6.07, 6.45) is 1.26. The van der Waals surface area contributed by atoms with E-state index in [2.05, 4.69) is 41.5 Å². The van der Waals surface area contributed by atoms with E-state index in [9.17, 15) is 9.59 Å². The molecule has 6 nitrogen and oxygen atoms in total. The zero-order valence-electron chi connectivity index (χ0n) is 23.5. The van der Waals surface area contributed by atoms with E-state index >= 15 is 0 Å². The first-order valence-electron chi connectivity index (χ1n) is 13.2. The number of ether oxygens (including phenoxy) is 2. The van der Waals surface area contributed by atoms with Crippen molar-refractivity contribution in [3.05, 3.63) is 35.4 Å². The van der Waals surface area contributed by atoms with Crippen molar-refractivity contribution in [2.45, 2.75) is 116 Å². The molecule has 0 saturated carbocycles. The zero-order chi connectivity index (χ0) is 26.6. The Morgan fingerprint density at radius 1 is 1.00 bits per heavy atom. The summed E-state index contributed by atoms with van der Waals surface area (Å²) in [7, 11) is -2.06. The monoisotopic (exact) mass is 505 g/mol. The van der Waals surface area contributed by atoms with Crippen LogP contribution in [-0.4, -0.2) is 50.1 Å². The Kier molecular flexibility index (Phi) is 10.00. The van der Waals surface area contributed by atoms with Crippen molar-refractivity contribution >= 4 is 20.4 Å². The molecule has 0 N–H and O–H groups in total. The lowest BCUT2D eigenvalue weighted by Crippen LogP contribution is -2.53. The van der Waals surface area contributed by atoms with Crippen LogP contribution in [0.2, 0.25) is 16.6 Å². The van der Waals surface area contributed by atoms with Gasteiger partial charge in [-0.15, -0.1) is 0 Å². The molecule has 1 aromatic carbocycles. The van der Waals surface area contributed by atoms with Crippen LogP contribution in [0.15, 0.2) is 24.3 Å². The molecule has 0 radical (unpaired) electrons. The Bertz CT molecular complexity index is 822. The number of rotatable bonds is 8. The molecule has 1 fully saturated rings. The molecule has 1 heterocycles. The van der Waals surface area contributed by atoms with Gasteiger partial charge in [0.05, 0.1) is 18.2 Å². The molecule has 2 rings (SSSR count). The SMILES string of the molecule is CCOC(=O)c1ccc([C@@H]2C[C@H](O[Si](C(C)C)(C(C)C)C(C)C)CCN2C(=O)OC(C)(C)C)cc1. The van der Waals surface area contributed by atoms with E-state index in [1.165, 1.54) is 0 Å². The number of hydrogen-bond acceptors (Lipinski definition) is 5. The molecule has 0 aromatic heterocycles. The van der Waals surface area contributed by atoms with E-state index in [4.69, 9.17) is 13.9 Å². The molecule has 0 bridgehead atoms. The molecule has 7 heteroatoms. The van der Waals surface area contributed by atoms with Crippen LogP contribution in [0.4, 0.5) is 4.79 Å². The summed E-state index contributed by atoms with van der Waals surface area (Å²) in [5.41, 5.74) is 2.39. The topological polar surface area (TPSA) is 65.1 Å². The Hall–Kier alpha value is -1.86. The number of piperidine rings is 1. The Balaban J connectivity index is 2.38. The van der Waals surface area contributed by atoms with E-state index < -0.39 is 13.9 Å². The van der Waals surface area contributed by atoms with E-state index in [-0.39, 0.29) is 24.2 Å². The number of likely N-dealkylation sites (tertiary alicyclic amines) is 1. The molecule has 0 spiro atoms. The number of carbonyl (C=O) groups is 2. The fraction of sp³-hybridized carbons (Fsp3) is 0.714. The van der Waals surface area contributed by atoms with Gasteiger partial charge >= 0.3 is 12.1 Å². The zero-order valence-corrected chi connectivity index (χ0v) is 24.5. The van der Waals surface area contributed by atoms with E-state index in [0.29, 0.717) is 41.8 Å².